The molecule has 2 atom stereocenters. The van der Waals surface area contributed by atoms with Crippen LogP contribution in [-0.2, 0) is 21.4 Å². The van der Waals surface area contributed by atoms with Crippen molar-refractivity contribution in [3.8, 4) is 6.07 Å². The van der Waals surface area contributed by atoms with Crippen LogP contribution in [-0.4, -0.2) is 45.1 Å². The third-order valence-electron chi connectivity index (χ3n) is 6.70. The number of carboxylic acid groups (broad SMARTS) is 1. The van der Waals surface area contributed by atoms with Gasteiger partial charge in [-0.15, -0.1) is 0 Å². The molecule has 1 aliphatic carbocycles. The molecule has 3 N–H and O–H groups in total. The van der Waals surface area contributed by atoms with Gasteiger partial charge in [0.1, 0.15) is 5.39 Å². The van der Waals surface area contributed by atoms with Crippen molar-refractivity contribution in [1.82, 2.24) is 19.1 Å². The van der Waals surface area contributed by atoms with Crippen molar-refractivity contribution in [3.05, 3.63) is 46.4 Å². The Labute approximate surface area is 201 Å². The second kappa shape index (κ2) is 8.83. The van der Waals surface area contributed by atoms with Gasteiger partial charge in [-0.1, -0.05) is 12.8 Å². The van der Waals surface area contributed by atoms with Crippen LogP contribution in [0.4, 0.5) is 11.5 Å². The first-order valence-corrected chi connectivity index (χ1v) is 12.8. The first-order valence-electron chi connectivity index (χ1n) is 11.4. The monoisotopic (exact) mass is 496 g/mol. The molecular formula is C23H24N6O5S. The average Bonchev–Trinajstić information content (AvgIpc) is 3.32. The maximum absolute atomic E-state index is 12.7. The summed E-state index contributed by atoms with van der Waals surface area (Å²) in [7, 11) is -3.76. The van der Waals surface area contributed by atoms with Crippen molar-refractivity contribution in [2.24, 2.45) is 5.92 Å². The van der Waals surface area contributed by atoms with E-state index >= 15 is 0 Å². The van der Waals surface area contributed by atoms with E-state index in [-0.39, 0.29) is 41.9 Å². The first-order chi connectivity index (χ1) is 16.8. The normalized spacial score (nSPS) is 21.5. The van der Waals surface area contributed by atoms with Crippen molar-refractivity contribution in [2.45, 2.75) is 49.6 Å². The number of benzene rings is 1. The van der Waals surface area contributed by atoms with E-state index in [1.807, 2.05) is 0 Å². The van der Waals surface area contributed by atoms with Crippen LogP contribution in [0.15, 0.2) is 40.2 Å². The molecule has 0 saturated heterocycles. The van der Waals surface area contributed by atoms with Crippen LogP contribution < -0.4 is 10.9 Å². The third-order valence-corrected chi connectivity index (χ3v) is 8.65. The Hall–Kier alpha value is -3.69. The maximum atomic E-state index is 12.7. The van der Waals surface area contributed by atoms with Crippen molar-refractivity contribution in [1.29, 1.82) is 5.26 Å². The molecular weight excluding hydrogens is 472 g/mol. The summed E-state index contributed by atoms with van der Waals surface area (Å²) in [6, 6.07) is 8.76. The fraction of sp³-hybridized carbons (Fsp3) is 0.391. The number of nitrogens with zero attached hydrogens (tertiary/aromatic N) is 4. The lowest BCUT2D eigenvalue weighted by atomic mass is 9.85. The Morgan fingerprint density at radius 1 is 1.29 bits per heavy atom. The zero-order chi connectivity index (χ0) is 24.7. The summed E-state index contributed by atoms with van der Waals surface area (Å²) in [4.78, 5) is 26.4. The number of aromatic nitrogens is 3. The maximum Gasteiger partial charge on any atom is 0.304 e. The molecule has 0 amide bonds. The standard InChI is InChI=1S/C23H24N6O5S/c24-12-14-3-1-2-4-17(14)29-18-7-9-25-23(32)21(18)22(27-29)26-16-5-6-19-15(11-16)13-28(35(19,33)34)10-8-20(30)31/h5-7,9,11,14,17H,1-4,8,10,13H2,(H,25,32)(H,26,27)(H,30,31). The summed E-state index contributed by atoms with van der Waals surface area (Å²) in [5.74, 6) is -0.934. The van der Waals surface area contributed by atoms with Crippen LogP contribution >= 0.6 is 0 Å². The summed E-state index contributed by atoms with van der Waals surface area (Å²) in [6.07, 6.45) is 4.82. The number of H-pyrrole nitrogens is 1. The highest BCUT2D eigenvalue weighted by Crippen LogP contribution is 2.37. The van der Waals surface area contributed by atoms with Crippen molar-refractivity contribution < 1.29 is 18.3 Å². The van der Waals surface area contributed by atoms with E-state index in [4.69, 9.17) is 10.2 Å². The van der Waals surface area contributed by atoms with E-state index in [0.29, 0.717) is 28.0 Å². The second-order valence-corrected chi connectivity index (χ2v) is 10.8. The van der Waals surface area contributed by atoms with Crippen LogP contribution in [0.2, 0.25) is 0 Å². The molecule has 1 fully saturated rings. The zero-order valence-corrected chi connectivity index (χ0v) is 19.6. The van der Waals surface area contributed by atoms with E-state index < -0.39 is 16.0 Å². The molecule has 35 heavy (non-hydrogen) atoms. The summed E-state index contributed by atoms with van der Waals surface area (Å²) in [5, 5.41) is 26.8. The molecule has 0 bridgehead atoms. The van der Waals surface area contributed by atoms with E-state index in [0.717, 1.165) is 30.0 Å². The number of anilines is 2. The van der Waals surface area contributed by atoms with Gasteiger partial charge in [0, 0.05) is 25.0 Å². The summed E-state index contributed by atoms with van der Waals surface area (Å²) in [5.41, 5.74) is 1.40. The molecule has 2 aliphatic rings. The quantitative estimate of drug-likeness (QED) is 0.469. The van der Waals surface area contributed by atoms with Crippen molar-refractivity contribution in [3.63, 3.8) is 0 Å². The number of fused-ring (bicyclic) bond motifs is 2. The fourth-order valence-corrected chi connectivity index (χ4v) is 6.61. The fourth-order valence-electron chi connectivity index (χ4n) is 5.00. The number of nitrogens with one attached hydrogen (secondary N) is 2. The number of aliphatic carboxylic acids is 1. The molecule has 182 valence electrons. The molecule has 3 heterocycles. The number of aromatic amines is 1. The van der Waals surface area contributed by atoms with Gasteiger partial charge in [-0.05, 0) is 42.7 Å². The number of carbonyl (C=O) groups is 1. The van der Waals surface area contributed by atoms with Crippen LogP contribution in [0, 0.1) is 17.2 Å². The van der Waals surface area contributed by atoms with Gasteiger partial charge in [-0.2, -0.15) is 14.7 Å². The SMILES string of the molecule is N#CC1CCCCC1n1nc(Nc2ccc3c(c2)CN(CCC(=O)O)S3(=O)=O)c2c(=O)[nH]ccc21. The van der Waals surface area contributed by atoms with Crippen LogP contribution in [0.5, 0.6) is 0 Å². The van der Waals surface area contributed by atoms with E-state index in [9.17, 15) is 23.3 Å². The highest BCUT2D eigenvalue weighted by molar-refractivity contribution is 7.89. The lowest BCUT2D eigenvalue weighted by molar-refractivity contribution is -0.137. The van der Waals surface area contributed by atoms with Crippen LogP contribution in [0.3, 0.4) is 0 Å². The van der Waals surface area contributed by atoms with Gasteiger partial charge in [0.25, 0.3) is 5.56 Å². The minimum atomic E-state index is -3.76. The van der Waals surface area contributed by atoms with E-state index in [1.54, 1.807) is 29.1 Å². The van der Waals surface area contributed by atoms with Gasteiger partial charge >= 0.3 is 5.97 Å². The smallest absolute Gasteiger partial charge is 0.304 e. The average molecular weight is 497 g/mol. The molecule has 11 nitrogen and oxygen atoms in total. The van der Waals surface area contributed by atoms with Crippen molar-refractivity contribution >= 4 is 38.4 Å². The Balaban J connectivity index is 1.50. The second-order valence-electron chi connectivity index (χ2n) is 8.88. The molecule has 1 saturated carbocycles. The minimum Gasteiger partial charge on any atom is -0.481 e. The molecule has 1 aromatic carbocycles. The Bertz CT molecular complexity index is 1520. The Kier molecular flexibility index (Phi) is 5.82. The number of hydrogen-bond donors (Lipinski definition) is 3. The number of pyridine rings is 1. The Morgan fingerprint density at radius 3 is 2.86 bits per heavy atom. The number of hydrogen-bond acceptors (Lipinski definition) is 7. The molecule has 0 radical (unpaired) electrons. The predicted octanol–water partition coefficient (Wildman–Crippen LogP) is 2.70. The molecule has 2 unspecified atom stereocenters. The number of nitriles is 1. The molecule has 12 heteroatoms. The van der Waals surface area contributed by atoms with Gasteiger partial charge < -0.3 is 15.4 Å². The van der Waals surface area contributed by atoms with Crippen molar-refractivity contribution in [2.75, 3.05) is 11.9 Å². The minimum absolute atomic E-state index is 0.0716. The summed E-state index contributed by atoms with van der Waals surface area (Å²) in [6.45, 7) is -0.0386. The van der Waals surface area contributed by atoms with Gasteiger partial charge in [-0.3, -0.25) is 14.3 Å². The van der Waals surface area contributed by atoms with Gasteiger partial charge in [-0.25, -0.2) is 8.42 Å². The molecule has 2 aromatic heterocycles. The predicted molar refractivity (Wildman–Crippen MR) is 127 cm³/mol. The molecule has 5 rings (SSSR count). The van der Waals surface area contributed by atoms with Crippen LogP contribution in [0.25, 0.3) is 10.9 Å². The van der Waals surface area contributed by atoms with Gasteiger partial charge in [0.05, 0.1) is 34.9 Å². The molecule has 3 aromatic rings. The highest BCUT2D eigenvalue weighted by Gasteiger charge is 2.35. The topological polar surface area (TPSA) is 161 Å². The van der Waals surface area contributed by atoms with Crippen LogP contribution in [0.1, 0.15) is 43.7 Å². The summed E-state index contributed by atoms with van der Waals surface area (Å²) >= 11 is 0. The Morgan fingerprint density at radius 2 is 2.09 bits per heavy atom. The zero-order valence-electron chi connectivity index (χ0n) is 18.8. The lowest BCUT2D eigenvalue weighted by Gasteiger charge is -2.27. The van der Waals surface area contributed by atoms with Gasteiger partial charge in [0.15, 0.2) is 5.82 Å². The molecule has 0 spiro atoms. The number of carboxylic acids is 1. The first kappa shape index (κ1) is 23.1. The number of sulfonamides is 1. The van der Waals surface area contributed by atoms with E-state index in [2.05, 4.69) is 16.4 Å². The largest absolute Gasteiger partial charge is 0.481 e. The highest BCUT2D eigenvalue weighted by atomic mass is 32.2. The molecule has 1 aliphatic heterocycles. The number of rotatable bonds is 6. The third kappa shape index (κ3) is 4.06. The summed E-state index contributed by atoms with van der Waals surface area (Å²) < 4.78 is 28.4. The van der Waals surface area contributed by atoms with Gasteiger partial charge in [0.2, 0.25) is 10.0 Å². The lowest BCUT2D eigenvalue weighted by Crippen LogP contribution is -2.26. The van der Waals surface area contributed by atoms with E-state index in [1.165, 1.54) is 6.07 Å².